The summed E-state index contributed by atoms with van der Waals surface area (Å²) in [5, 5.41) is 5.03. The zero-order valence-corrected chi connectivity index (χ0v) is 11.4. The second-order valence-corrected chi connectivity index (χ2v) is 4.92. The molecule has 2 unspecified atom stereocenters. The Morgan fingerprint density at radius 2 is 2.00 bits per heavy atom. The molecule has 92 valence electrons. The lowest BCUT2D eigenvalue weighted by Gasteiger charge is -2.20. The average molecular weight is 244 g/mol. The van der Waals surface area contributed by atoms with Crippen molar-refractivity contribution in [1.29, 1.82) is 0 Å². The van der Waals surface area contributed by atoms with E-state index in [9.17, 15) is 0 Å². The van der Waals surface area contributed by atoms with Crippen molar-refractivity contribution in [3.63, 3.8) is 0 Å². The summed E-state index contributed by atoms with van der Waals surface area (Å²) in [6.45, 7) is 8.53. The first-order valence-electron chi connectivity index (χ1n) is 6.01. The van der Waals surface area contributed by atoms with Crippen LogP contribution in [0.25, 0.3) is 0 Å². The van der Waals surface area contributed by atoms with Crippen LogP contribution in [0.5, 0.6) is 0 Å². The molecule has 4 heteroatoms. The maximum atomic E-state index is 6.06. The molecule has 0 saturated carbocycles. The summed E-state index contributed by atoms with van der Waals surface area (Å²) in [4.78, 5) is 0. The van der Waals surface area contributed by atoms with Gasteiger partial charge in [0.25, 0.3) is 0 Å². The minimum atomic E-state index is 0.362. The van der Waals surface area contributed by atoms with Crippen molar-refractivity contribution in [2.24, 2.45) is 5.92 Å². The lowest BCUT2D eigenvalue weighted by Crippen LogP contribution is -2.15. The molecule has 2 atom stereocenters. The van der Waals surface area contributed by atoms with Crippen molar-refractivity contribution in [2.75, 3.05) is 5.73 Å². The van der Waals surface area contributed by atoms with Gasteiger partial charge in [-0.2, -0.15) is 5.10 Å². The largest absolute Gasteiger partial charge is 0.383 e. The number of halogens is 1. The normalized spacial score (nSPS) is 15.1. The lowest BCUT2D eigenvalue weighted by molar-refractivity contribution is 0.346. The van der Waals surface area contributed by atoms with Crippen LogP contribution in [-0.4, -0.2) is 9.78 Å². The summed E-state index contributed by atoms with van der Waals surface area (Å²) < 4.78 is 1.89. The van der Waals surface area contributed by atoms with Gasteiger partial charge in [-0.25, -0.2) is 4.68 Å². The Labute approximate surface area is 103 Å². The maximum Gasteiger partial charge on any atom is 0.141 e. The Balaban J connectivity index is 2.91. The van der Waals surface area contributed by atoms with Gasteiger partial charge in [0.05, 0.1) is 11.7 Å². The van der Waals surface area contributed by atoms with Gasteiger partial charge in [-0.05, 0) is 25.7 Å². The van der Waals surface area contributed by atoms with Crippen molar-refractivity contribution in [2.45, 2.75) is 53.0 Å². The summed E-state index contributed by atoms with van der Waals surface area (Å²) in [6.07, 6.45) is 3.32. The van der Waals surface area contributed by atoms with Crippen LogP contribution in [0.3, 0.4) is 0 Å². The molecule has 0 saturated heterocycles. The molecule has 0 fully saturated rings. The number of nitrogens with zero attached hydrogens (tertiary/aromatic N) is 2. The van der Waals surface area contributed by atoms with Crippen LogP contribution in [-0.2, 0) is 0 Å². The summed E-state index contributed by atoms with van der Waals surface area (Å²) in [5.41, 5.74) is 6.79. The molecule has 0 aliphatic heterocycles. The first-order valence-corrected chi connectivity index (χ1v) is 6.39. The molecule has 1 heterocycles. The zero-order valence-electron chi connectivity index (χ0n) is 10.6. The molecule has 0 spiro atoms. The number of aryl methyl sites for hydroxylation is 1. The van der Waals surface area contributed by atoms with Crippen LogP contribution in [0, 0.1) is 12.8 Å². The third-order valence-corrected chi connectivity index (χ3v) is 3.70. The lowest BCUT2D eigenvalue weighted by atomic mass is 9.98. The minimum Gasteiger partial charge on any atom is -0.383 e. The van der Waals surface area contributed by atoms with Gasteiger partial charge in [-0.1, -0.05) is 38.8 Å². The number of nitrogen functional groups attached to an aromatic ring is 1. The summed E-state index contributed by atoms with van der Waals surface area (Å²) in [5.74, 6) is 1.29. The average Bonchev–Trinajstić information content (AvgIpc) is 2.53. The summed E-state index contributed by atoms with van der Waals surface area (Å²) >= 11 is 6.06. The highest BCUT2D eigenvalue weighted by atomic mass is 35.5. The van der Waals surface area contributed by atoms with Gasteiger partial charge in [0.1, 0.15) is 10.8 Å². The Kier molecular flexibility index (Phi) is 4.66. The molecule has 0 aliphatic rings. The first kappa shape index (κ1) is 13.4. The van der Waals surface area contributed by atoms with Crippen LogP contribution in [0.1, 0.15) is 51.8 Å². The SMILES string of the molecule is CCC(C)CC(CC)n1nc(C)c(Cl)c1N. The Morgan fingerprint density at radius 3 is 2.38 bits per heavy atom. The van der Waals surface area contributed by atoms with Gasteiger partial charge in [-0.15, -0.1) is 0 Å². The molecule has 1 aromatic rings. The number of anilines is 1. The van der Waals surface area contributed by atoms with Crippen molar-refractivity contribution in [3.05, 3.63) is 10.7 Å². The van der Waals surface area contributed by atoms with Gasteiger partial charge >= 0.3 is 0 Å². The van der Waals surface area contributed by atoms with E-state index in [4.69, 9.17) is 17.3 Å². The number of hydrogen-bond acceptors (Lipinski definition) is 2. The molecule has 1 rings (SSSR count). The molecule has 0 radical (unpaired) electrons. The Bertz CT molecular complexity index is 346. The highest BCUT2D eigenvalue weighted by Gasteiger charge is 2.18. The molecule has 3 nitrogen and oxygen atoms in total. The predicted octanol–water partition coefficient (Wildman–Crippen LogP) is 3.81. The van der Waals surface area contributed by atoms with Crippen LogP contribution >= 0.6 is 11.6 Å². The highest BCUT2D eigenvalue weighted by Crippen LogP contribution is 2.30. The number of nitrogens with two attached hydrogens (primary N) is 1. The molecular weight excluding hydrogens is 222 g/mol. The van der Waals surface area contributed by atoms with Crippen molar-refractivity contribution < 1.29 is 0 Å². The summed E-state index contributed by atoms with van der Waals surface area (Å²) in [6, 6.07) is 0.362. The van der Waals surface area contributed by atoms with Crippen LogP contribution in [0.4, 0.5) is 5.82 Å². The van der Waals surface area contributed by atoms with E-state index < -0.39 is 0 Å². The van der Waals surface area contributed by atoms with Crippen molar-refractivity contribution in [1.82, 2.24) is 9.78 Å². The zero-order chi connectivity index (χ0) is 12.3. The van der Waals surface area contributed by atoms with E-state index >= 15 is 0 Å². The van der Waals surface area contributed by atoms with E-state index in [2.05, 4.69) is 25.9 Å². The molecule has 2 N–H and O–H groups in total. The second kappa shape index (κ2) is 5.58. The predicted molar refractivity (Wildman–Crippen MR) is 69.8 cm³/mol. The van der Waals surface area contributed by atoms with Crippen molar-refractivity contribution >= 4 is 17.4 Å². The second-order valence-electron chi connectivity index (χ2n) is 4.54. The standard InChI is InChI=1S/C12H22ClN3/c1-5-8(3)7-10(6-2)16-12(14)11(13)9(4)15-16/h8,10H,5-7,14H2,1-4H3. The quantitative estimate of drug-likeness (QED) is 0.855. The smallest absolute Gasteiger partial charge is 0.141 e. The van der Waals surface area contributed by atoms with E-state index in [0.29, 0.717) is 22.8 Å². The van der Waals surface area contributed by atoms with E-state index in [0.717, 1.165) is 18.5 Å². The number of rotatable bonds is 5. The third kappa shape index (κ3) is 2.70. The monoisotopic (exact) mass is 243 g/mol. The highest BCUT2D eigenvalue weighted by molar-refractivity contribution is 6.33. The fourth-order valence-corrected chi connectivity index (χ4v) is 2.02. The van der Waals surface area contributed by atoms with Gasteiger partial charge in [0.15, 0.2) is 0 Å². The number of aromatic nitrogens is 2. The molecule has 1 aromatic heterocycles. The van der Waals surface area contributed by atoms with Gasteiger partial charge < -0.3 is 5.73 Å². The maximum absolute atomic E-state index is 6.06. The Hall–Kier alpha value is -0.700. The molecular formula is C12H22ClN3. The molecule has 0 aromatic carbocycles. The molecule has 16 heavy (non-hydrogen) atoms. The van der Waals surface area contributed by atoms with Crippen molar-refractivity contribution in [3.8, 4) is 0 Å². The van der Waals surface area contributed by atoms with Crippen LogP contribution < -0.4 is 5.73 Å². The van der Waals surface area contributed by atoms with E-state index in [1.807, 2.05) is 11.6 Å². The minimum absolute atomic E-state index is 0.362. The fourth-order valence-electron chi connectivity index (χ4n) is 1.89. The van der Waals surface area contributed by atoms with E-state index in [1.165, 1.54) is 6.42 Å². The first-order chi connectivity index (χ1) is 7.51. The Morgan fingerprint density at radius 1 is 1.38 bits per heavy atom. The van der Waals surface area contributed by atoms with Crippen LogP contribution in [0.15, 0.2) is 0 Å². The van der Waals surface area contributed by atoms with E-state index in [1.54, 1.807) is 0 Å². The van der Waals surface area contributed by atoms with Gasteiger partial charge in [0, 0.05) is 0 Å². The fraction of sp³-hybridized carbons (Fsp3) is 0.750. The summed E-state index contributed by atoms with van der Waals surface area (Å²) in [7, 11) is 0. The molecule has 0 aliphatic carbocycles. The van der Waals surface area contributed by atoms with Crippen LogP contribution in [0.2, 0.25) is 5.02 Å². The third-order valence-electron chi connectivity index (χ3n) is 3.24. The molecule has 0 bridgehead atoms. The topological polar surface area (TPSA) is 43.8 Å². The van der Waals surface area contributed by atoms with Gasteiger partial charge in [0.2, 0.25) is 0 Å². The van der Waals surface area contributed by atoms with Gasteiger partial charge in [-0.3, -0.25) is 0 Å². The molecule has 0 amide bonds. The number of hydrogen-bond donors (Lipinski definition) is 1. The van der Waals surface area contributed by atoms with E-state index in [-0.39, 0.29) is 0 Å².